The number of nitrogens with zero attached hydrogens (tertiary/aromatic N) is 2. The van der Waals surface area contributed by atoms with Crippen molar-refractivity contribution < 1.29 is 19.0 Å². The highest BCUT2D eigenvalue weighted by molar-refractivity contribution is 5.99. The Balaban J connectivity index is 1.71. The molecule has 0 saturated carbocycles. The number of rotatable bonds is 5. The average Bonchev–Trinajstić information content (AvgIpc) is 2.72. The van der Waals surface area contributed by atoms with Crippen molar-refractivity contribution in [2.24, 2.45) is 0 Å². The molecule has 3 rings (SSSR count). The summed E-state index contributed by atoms with van der Waals surface area (Å²) in [6.45, 7) is 2.84. The fraction of sp³-hybridized carbons (Fsp3) is 0.350. The molecule has 0 aliphatic carbocycles. The summed E-state index contributed by atoms with van der Waals surface area (Å²) in [6.07, 6.45) is 0. The normalized spacial score (nSPS) is 14.1. The molecule has 0 radical (unpaired) electrons. The molecule has 1 heterocycles. The Morgan fingerprint density at radius 1 is 0.808 bits per heavy atom. The highest BCUT2D eigenvalue weighted by atomic mass is 16.5. The first-order valence-electron chi connectivity index (χ1n) is 8.57. The van der Waals surface area contributed by atoms with Gasteiger partial charge >= 0.3 is 0 Å². The molecule has 6 nitrogen and oxygen atoms in total. The molecule has 2 aromatic rings. The van der Waals surface area contributed by atoms with Crippen molar-refractivity contribution >= 4 is 11.6 Å². The molecule has 1 fully saturated rings. The minimum Gasteiger partial charge on any atom is -0.497 e. The van der Waals surface area contributed by atoms with Crippen LogP contribution in [0.2, 0.25) is 0 Å². The molecule has 6 heteroatoms. The maximum absolute atomic E-state index is 13.0. The summed E-state index contributed by atoms with van der Waals surface area (Å²) in [5, 5.41) is 0. The minimum absolute atomic E-state index is 0.0614. The van der Waals surface area contributed by atoms with Crippen molar-refractivity contribution in [2.75, 3.05) is 52.4 Å². The Morgan fingerprint density at radius 3 is 1.88 bits per heavy atom. The van der Waals surface area contributed by atoms with Gasteiger partial charge in [0.25, 0.3) is 5.91 Å². The van der Waals surface area contributed by atoms with Crippen LogP contribution in [0, 0.1) is 0 Å². The van der Waals surface area contributed by atoms with Crippen molar-refractivity contribution in [3.05, 3.63) is 48.0 Å². The van der Waals surface area contributed by atoms with Gasteiger partial charge in [-0.05, 0) is 36.4 Å². The number of benzene rings is 2. The van der Waals surface area contributed by atoms with Crippen LogP contribution in [-0.4, -0.2) is 58.3 Å². The molecule has 0 N–H and O–H groups in total. The van der Waals surface area contributed by atoms with E-state index in [-0.39, 0.29) is 5.91 Å². The SMILES string of the molecule is COc1ccc(N2CCN(C(=O)c3c(OC)cccc3OC)CC2)cc1. The van der Waals surface area contributed by atoms with Gasteiger partial charge in [0.05, 0.1) is 21.3 Å². The Morgan fingerprint density at radius 2 is 1.38 bits per heavy atom. The first-order chi connectivity index (χ1) is 12.7. The van der Waals surface area contributed by atoms with Crippen molar-refractivity contribution in [1.29, 1.82) is 0 Å². The third kappa shape index (κ3) is 3.54. The summed E-state index contributed by atoms with van der Waals surface area (Å²) in [5.74, 6) is 1.85. The third-order valence-electron chi connectivity index (χ3n) is 4.65. The predicted octanol–water partition coefficient (Wildman–Crippen LogP) is 2.67. The van der Waals surface area contributed by atoms with Crippen LogP contribution in [0.25, 0.3) is 0 Å². The van der Waals surface area contributed by atoms with Crippen molar-refractivity contribution in [3.63, 3.8) is 0 Å². The number of carbonyl (C=O) groups excluding carboxylic acids is 1. The van der Waals surface area contributed by atoms with E-state index in [4.69, 9.17) is 14.2 Å². The topological polar surface area (TPSA) is 51.2 Å². The van der Waals surface area contributed by atoms with Crippen LogP contribution in [-0.2, 0) is 0 Å². The minimum atomic E-state index is -0.0614. The standard InChI is InChI=1S/C20H24N2O4/c1-24-16-9-7-15(8-10-16)21-11-13-22(14-12-21)20(23)19-17(25-2)5-4-6-18(19)26-3/h4-10H,11-14H2,1-3H3. The van der Waals surface area contributed by atoms with E-state index < -0.39 is 0 Å². The van der Waals surface area contributed by atoms with Gasteiger partial charge in [0, 0.05) is 31.9 Å². The molecule has 0 spiro atoms. The molecule has 0 unspecified atom stereocenters. The zero-order valence-electron chi connectivity index (χ0n) is 15.4. The number of piperazine rings is 1. The predicted molar refractivity (Wildman–Crippen MR) is 101 cm³/mol. The van der Waals surface area contributed by atoms with Crippen LogP contribution in [0.3, 0.4) is 0 Å². The Kier molecular flexibility index (Phi) is 5.51. The number of ether oxygens (including phenoxy) is 3. The Bertz CT molecular complexity index is 731. The molecule has 26 heavy (non-hydrogen) atoms. The van der Waals surface area contributed by atoms with E-state index in [0.29, 0.717) is 30.2 Å². The summed E-state index contributed by atoms with van der Waals surface area (Å²) in [6, 6.07) is 13.4. The summed E-state index contributed by atoms with van der Waals surface area (Å²) < 4.78 is 15.9. The van der Waals surface area contributed by atoms with E-state index in [2.05, 4.69) is 4.90 Å². The monoisotopic (exact) mass is 356 g/mol. The van der Waals surface area contributed by atoms with Gasteiger partial charge in [0.15, 0.2) is 0 Å². The van der Waals surface area contributed by atoms with E-state index in [9.17, 15) is 4.79 Å². The third-order valence-corrected chi connectivity index (χ3v) is 4.65. The summed E-state index contributed by atoms with van der Waals surface area (Å²) in [7, 11) is 4.78. The lowest BCUT2D eigenvalue weighted by Crippen LogP contribution is -2.48. The lowest BCUT2D eigenvalue weighted by molar-refractivity contribution is 0.0740. The summed E-state index contributed by atoms with van der Waals surface area (Å²) >= 11 is 0. The molecule has 0 atom stereocenters. The summed E-state index contributed by atoms with van der Waals surface area (Å²) in [4.78, 5) is 17.1. The molecular weight excluding hydrogens is 332 g/mol. The lowest BCUT2D eigenvalue weighted by atomic mass is 10.1. The largest absolute Gasteiger partial charge is 0.497 e. The molecule has 1 saturated heterocycles. The molecule has 1 amide bonds. The second kappa shape index (κ2) is 7.99. The van der Waals surface area contributed by atoms with Gasteiger partial charge in [0.1, 0.15) is 22.8 Å². The van der Waals surface area contributed by atoms with Gasteiger partial charge in [0.2, 0.25) is 0 Å². The molecule has 0 bridgehead atoms. The highest BCUT2D eigenvalue weighted by Gasteiger charge is 2.27. The van der Waals surface area contributed by atoms with E-state index in [1.165, 1.54) is 0 Å². The van der Waals surface area contributed by atoms with Gasteiger partial charge < -0.3 is 24.0 Å². The van der Waals surface area contributed by atoms with Gasteiger partial charge in [-0.1, -0.05) is 6.07 Å². The van der Waals surface area contributed by atoms with Gasteiger partial charge in [-0.3, -0.25) is 4.79 Å². The van der Waals surface area contributed by atoms with Crippen LogP contribution >= 0.6 is 0 Å². The number of carbonyl (C=O) groups is 1. The van der Waals surface area contributed by atoms with E-state index in [0.717, 1.165) is 24.5 Å². The zero-order chi connectivity index (χ0) is 18.5. The van der Waals surface area contributed by atoms with Crippen LogP contribution in [0.15, 0.2) is 42.5 Å². The van der Waals surface area contributed by atoms with Crippen LogP contribution in [0.1, 0.15) is 10.4 Å². The highest BCUT2D eigenvalue weighted by Crippen LogP contribution is 2.30. The van der Waals surface area contributed by atoms with E-state index in [1.54, 1.807) is 33.5 Å². The smallest absolute Gasteiger partial charge is 0.261 e. The number of amides is 1. The van der Waals surface area contributed by atoms with Crippen molar-refractivity contribution in [1.82, 2.24) is 4.90 Å². The van der Waals surface area contributed by atoms with Gasteiger partial charge in [-0.25, -0.2) is 0 Å². The van der Waals surface area contributed by atoms with Gasteiger partial charge in [-0.15, -0.1) is 0 Å². The maximum Gasteiger partial charge on any atom is 0.261 e. The second-order valence-corrected chi connectivity index (χ2v) is 6.01. The Hall–Kier alpha value is -2.89. The van der Waals surface area contributed by atoms with Crippen molar-refractivity contribution in [2.45, 2.75) is 0 Å². The first-order valence-corrected chi connectivity index (χ1v) is 8.57. The van der Waals surface area contributed by atoms with Crippen LogP contribution < -0.4 is 19.1 Å². The lowest BCUT2D eigenvalue weighted by Gasteiger charge is -2.36. The molecular formula is C20H24N2O4. The van der Waals surface area contributed by atoms with Gasteiger partial charge in [-0.2, -0.15) is 0 Å². The number of methoxy groups -OCH3 is 3. The maximum atomic E-state index is 13.0. The fourth-order valence-corrected chi connectivity index (χ4v) is 3.18. The van der Waals surface area contributed by atoms with E-state index >= 15 is 0 Å². The van der Waals surface area contributed by atoms with Crippen molar-refractivity contribution in [3.8, 4) is 17.2 Å². The quantitative estimate of drug-likeness (QED) is 0.824. The number of hydrogen-bond donors (Lipinski definition) is 0. The molecule has 138 valence electrons. The van der Waals surface area contributed by atoms with Crippen LogP contribution in [0.5, 0.6) is 17.2 Å². The second-order valence-electron chi connectivity index (χ2n) is 6.01. The first kappa shape index (κ1) is 17.9. The zero-order valence-corrected chi connectivity index (χ0v) is 15.4. The Labute approximate surface area is 153 Å². The molecule has 0 aromatic heterocycles. The fourth-order valence-electron chi connectivity index (χ4n) is 3.18. The summed E-state index contributed by atoms with van der Waals surface area (Å²) in [5.41, 5.74) is 1.61. The molecule has 1 aliphatic heterocycles. The number of hydrogen-bond acceptors (Lipinski definition) is 5. The van der Waals surface area contributed by atoms with E-state index in [1.807, 2.05) is 35.2 Å². The number of anilines is 1. The average molecular weight is 356 g/mol. The van der Waals surface area contributed by atoms with Crippen LogP contribution in [0.4, 0.5) is 5.69 Å². The molecule has 1 aliphatic rings. The molecule has 2 aromatic carbocycles.